The summed E-state index contributed by atoms with van der Waals surface area (Å²) in [6, 6.07) is 0.873. The highest BCUT2D eigenvalue weighted by Gasteiger charge is 2.16. The van der Waals surface area contributed by atoms with Crippen LogP contribution in [0.3, 0.4) is 0 Å². The van der Waals surface area contributed by atoms with E-state index in [1.807, 2.05) is 6.92 Å². The second-order valence-corrected chi connectivity index (χ2v) is 3.81. The van der Waals surface area contributed by atoms with E-state index >= 15 is 0 Å². The first-order valence-electron chi connectivity index (χ1n) is 5.62. The Kier molecular flexibility index (Phi) is 4.68. The van der Waals surface area contributed by atoms with E-state index in [9.17, 15) is 9.59 Å². The average molecular weight is 239 g/mol. The molecule has 0 saturated heterocycles. The minimum absolute atomic E-state index is 0.0572. The molecule has 94 valence electrons. The first-order chi connectivity index (χ1) is 8.06. The largest absolute Gasteiger partial charge is 0.476 e. The number of rotatable bonds is 6. The van der Waals surface area contributed by atoms with Gasteiger partial charge >= 0.3 is 5.97 Å². The van der Waals surface area contributed by atoms with Gasteiger partial charge in [0.1, 0.15) is 6.04 Å². The number of aromatic nitrogens is 2. The fourth-order valence-electron chi connectivity index (χ4n) is 1.32. The summed E-state index contributed by atoms with van der Waals surface area (Å²) in [5, 5.41) is 15.3. The maximum absolute atomic E-state index is 11.7. The Balaban J connectivity index is 2.58. The fourth-order valence-corrected chi connectivity index (χ4v) is 1.32. The molecule has 2 N–H and O–H groups in total. The van der Waals surface area contributed by atoms with E-state index in [0.29, 0.717) is 6.54 Å². The van der Waals surface area contributed by atoms with Gasteiger partial charge < -0.3 is 10.4 Å². The predicted molar refractivity (Wildman–Crippen MR) is 61.8 cm³/mol. The van der Waals surface area contributed by atoms with Gasteiger partial charge in [-0.25, -0.2) is 4.79 Å². The summed E-state index contributed by atoms with van der Waals surface area (Å²) in [4.78, 5) is 22.3. The van der Waals surface area contributed by atoms with Crippen molar-refractivity contribution in [1.82, 2.24) is 15.1 Å². The molecule has 0 aromatic carbocycles. The quantitative estimate of drug-likeness (QED) is 0.727. The van der Waals surface area contributed by atoms with Crippen molar-refractivity contribution in [2.24, 2.45) is 0 Å². The molecule has 1 aromatic heterocycles. The maximum Gasteiger partial charge on any atom is 0.356 e. The van der Waals surface area contributed by atoms with Gasteiger partial charge in [0, 0.05) is 12.7 Å². The SMILES string of the molecule is CCCCNC(=O)C(C)n1ccc(C(=O)O)n1. The zero-order valence-corrected chi connectivity index (χ0v) is 10.0. The Bertz CT molecular complexity index is 400. The van der Waals surface area contributed by atoms with Gasteiger partial charge in [-0.3, -0.25) is 9.48 Å². The highest BCUT2D eigenvalue weighted by molar-refractivity contribution is 5.85. The van der Waals surface area contributed by atoms with Gasteiger partial charge in [-0.05, 0) is 19.4 Å². The number of hydrogen-bond acceptors (Lipinski definition) is 3. The number of carboxylic acid groups (broad SMARTS) is 1. The first-order valence-corrected chi connectivity index (χ1v) is 5.62. The number of hydrogen-bond donors (Lipinski definition) is 2. The molecule has 0 bridgehead atoms. The van der Waals surface area contributed by atoms with Crippen LogP contribution in [0, 0.1) is 0 Å². The van der Waals surface area contributed by atoms with Gasteiger partial charge in [-0.1, -0.05) is 13.3 Å². The smallest absolute Gasteiger partial charge is 0.356 e. The predicted octanol–water partition coefficient (Wildman–Crippen LogP) is 1.06. The average Bonchev–Trinajstić information content (AvgIpc) is 2.77. The number of nitrogens with one attached hydrogen (secondary N) is 1. The highest BCUT2D eigenvalue weighted by Crippen LogP contribution is 2.06. The lowest BCUT2D eigenvalue weighted by atomic mass is 10.3. The van der Waals surface area contributed by atoms with Crippen molar-refractivity contribution in [3.63, 3.8) is 0 Å². The molecule has 1 heterocycles. The van der Waals surface area contributed by atoms with Gasteiger partial charge in [-0.2, -0.15) is 5.10 Å². The van der Waals surface area contributed by atoms with Crippen molar-refractivity contribution >= 4 is 11.9 Å². The van der Waals surface area contributed by atoms with Crippen LogP contribution in [0.4, 0.5) is 0 Å². The van der Waals surface area contributed by atoms with Crippen molar-refractivity contribution in [1.29, 1.82) is 0 Å². The number of aromatic carboxylic acids is 1. The van der Waals surface area contributed by atoms with Gasteiger partial charge in [0.25, 0.3) is 0 Å². The van der Waals surface area contributed by atoms with Crippen LogP contribution >= 0.6 is 0 Å². The highest BCUT2D eigenvalue weighted by atomic mass is 16.4. The molecule has 1 aromatic rings. The molecule has 0 fully saturated rings. The molecule has 1 amide bonds. The topological polar surface area (TPSA) is 84.2 Å². The minimum atomic E-state index is -1.10. The van der Waals surface area contributed by atoms with Crippen molar-refractivity contribution in [3.8, 4) is 0 Å². The van der Waals surface area contributed by atoms with Crippen LogP contribution < -0.4 is 5.32 Å². The van der Waals surface area contributed by atoms with Gasteiger partial charge in [0.05, 0.1) is 0 Å². The van der Waals surface area contributed by atoms with E-state index in [1.165, 1.54) is 16.9 Å². The molecule has 0 radical (unpaired) electrons. The van der Waals surface area contributed by atoms with Crippen molar-refractivity contribution < 1.29 is 14.7 Å². The van der Waals surface area contributed by atoms with Crippen LogP contribution in [0.5, 0.6) is 0 Å². The molecule has 1 atom stereocenters. The molecule has 17 heavy (non-hydrogen) atoms. The van der Waals surface area contributed by atoms with E-state index in [1.54, 1.807) is 6.92 Å². The molecule has 1 rings (SSSR count). The van der Waals surface area contributed by atoms with Gasteiger partial charge in [0.15, 0.2) is 5.69 Å². The van der Waals surface area contributed by atoms with Crippen molar-refractivity contribution in [2.75, 3.05) is 6.54 Å². The molecule has 0 saturated carbocycles. The Morgan fingerprint density at radius 3 is 2.82 bits per heavy atom. The van der Waals surface area contributed by atoms with Crippen LogP contribution in [-0.2, 0) is 4.79 Å². The first kappa shape index (κ1) is 13.2. The van der Waals surface area contributed by atoms with Gasteiger partial charge in [-0.15, -0.1) is 0 Å². The summed E-state index contributed by atoms with van der Waals surface area (Å²) in [6.45, 7) is 4.36. The number of nitrogens with zero attached hydrogens (tertiary/aromatic N) is 2. The Hall–Kier alpha value is -1.85. The molecule has 1 unspecified atom stereocenters. The Morgan fingerprint density at radius 1 is 1.59 bits per heavy atom. The molecular weight excluding hydrogens is 222 g/mol. The van der Waals surface area contributed by atoms with E-state index in [4.69, 9.17) is 5.11 Å². The summed E-state index contributed by atoms with van der Waals surface area (Å²) in [5.74, 6) is -1.25. The fraction of sp³-hybridized carbons (Fsp3) is 0.545. The van der Waals surface area contributed by atoms with E-state index < -0.39 is 12.0 Å². The summed E-state index contributed by atoms with van der Waals surface area (Å²) in [6.07, 6.45) is 3.44. The second kappa shape index (κ2) is 6.03. The lowest BCUT2D eigenvalue weighted by molar-refractivity contribution is -0.124. The normalized spacial score (nSPS) is 12.1. The molecule has 0 aliphatic heterocycles. The van der Waals surface area contributed by atoms with E-state index in [2.05, 4.69) is 10.4 Å². The minimum Gasteiger partial charge on any atom is -0.476 e. The summed E-state index contributed by atoms with van der Waals surface area (Å²) >= 11 is 0. The van der Waals surface area contributed by atoms with Crippen LogP contribution in [0.15, 0.2) is 12.3 Å². The number of carboxylic acids is 1. The Morgan fingerprint density at radius 2 is 2.29 bits per heavy atom. The van der Waals surface area contributed by atoms with Crippen LogP contribution in [0.25, 0.3) is 0 Å². The van der Waals surface area contributed by atoms with Crippen LogP contribution in [0.1, 0.15) is 43.2 Å². The number of carbonyl (C=O) groups is 2. The molecule has 6 heteroatoms. The van der Waals surface area contributed by atoms with Gasteiger partial charge in [0.2, 0.25) is 5.91 Å². The van der Waals surface area contributed by atoms with E-state index in [0.717, 1.165) is 12.8 Å². The zero-order chi connectivity index (χ0) is 12.8. The number of unbranched alkanes of at least 4 members (excludes halogenated alkanes) is 1. The van der Waals surface area contributed by atoms with E-state index in [-0.39, 0.29) is 11.6 Å². The molecule has 6 nitrogen and oxygen atoms in total. The molecule has 0 aliphatic carbocycles. The van der Waals surface area contributed by atoms with Crippen LogP contribution in [0.2, 0.25) is 0 Å². The standard InChI is InChI=1S/C11H17N3O3/c1-3-4-6-12-10(15)8(2)14-7-5-9(13-14)11(16)17/h5,7-8H,3-4,6H2,1-2H3,(H,12,15)(H,16,17). The summed E-state index contributed by atoms with van der Waals surface area (Å²) in [5.41, 5.74) is -0.0572. The monoisotopic (exact) mass is 239 g/mol. The lowest BCUT2D eigenvalue weighted by Gasteiger charge is -2.12. The summed E-state index contributed by atoms with van der Waals surface area (Å²) < 4.78 is 1.35. The van der Waals surface area contributed by atoms with Crippen molar-refractivity contribution in [2.45, 2.75) is 32.7 Å². The third kappa shape index (κ3) is 3.58. The summed E-state index contributed by atoms with van der Waals surface area (Å²) in [7, 11) is 0. The Labute approximate surface area is 99.6 Å². The number of carbonyl (C=O) groups excluding carboxylic acids is 1. The van der Waals surface area contributed by atoms with Crippen LogP contribution in [-0.4, -0.2) is 33.3 Å². The zero-order valence-electron chi connectivity index (χ0n) is 10.0. The lowest BCUT2D eigenvalue weighted by Crippen LogP contribution is -2.32. The molecule has 0 spiro atoms. The third-order valence-electron chi connectivity index (χ3n) is 2.43. The molecular formula is C11H17N3O3. The maximum atomic E-state index is 11.7. The second-order valence-electron chi connectivity index (χ2n) is 3.81. The van der Waals surface area contributed by atoms with Crippen molar-refractivity contribution in [3.05, 3.63) is 18.0 Å². The third-order valence-corrected chi connectivity index (χ3v) is 2.43. The molecule has 0 aliphatic rings. The number of amides is 1.